The molecule has 0 saturated heterocycles. The van der Waals surface area contributed by atoms with E-state index in [2.05, 4.69) is 41.0 Å². The molecule has 0 aliphatic heterocycles. The number of aliphatic hydroxyl groups excluding tert-OH is 1. The number of nitrogens with zero attached hydrogens (tertiary/aromatic N) is 3. The maximum atomic E-state index is 9.91. The van der Waals surface area contributed by atoms with E-state index in [0.29, 0.717) is 29.8 Å². The third-order valence-electron chi connectivity index (χ3n) is 4.56. The summed E-state index contributed by atoms with van der Waals surface area (Å²) in [4.78, 5) is 6.70. The molecule has 0 fully saturated rings. The molecule has 2 aromatic carbocycles. The second kappa shape index (κ2) is 9.13. The quantitative estimate of drug-likeness (QED) is 0.622. The van der Waals surface area contributed by atoms with E-state index in [9.17, 15) is 5.11 Å². The summed E-state index contributed by atoms with van der Waals surface area (Å²) in [5.41, 5.74) is 2.03. The molecule has 1 heterocycles. The molecule has 5 nitrogen and oxygen atoms in total. The lowest BCUT2D eigenvalue weighted by molar-refractivity contribution is 0.0695. The van der Waals surface area contributed by atoms with E-state index < -0.39 is 0 Å². The highest BCUT2D eigenvalue weighted by atomic mass is 35.5. The summed E-state index contributed by atoms with van der Waals surface area (Å²) in [6.45, 7) is 5.45. The fourth-order valence-corrected chi connectivity index (χ4v) is 3.19. The molecule has 0 bridgehead atoms. The fourth-order valence-electron chi connectivity index (χ4n) is 3.07. The lowest BCUT2D eigenvalue weighted by Gasteiger charge is -2.32. The number of benzene rings is 2. The molecule has 0 amide bonds. The molecule has 1 aromatic heterocycles. The van der Waals surface area contributed by atoms with Crippen molar-refractivity contribution in [2.24, 2.45) is 5.92 Å². The largest absolute Gasteiger partial charge is 0.395 e. The number of halogens is 1. The lowest BCUT2D eigenvalue weighted by Crippen LogP contribution is -2.40. The van der Waals surface area contributed by atoms with Crippen LogP contribution < -0.4 is 0 Å². The van der Waals surface area contributed by atoms with Crippen LogP contribution >= 0.6 is 11.6 Å². The van der Waals surface area contributed by atoms with Gasteiger partial charge in [-0.25, -0.2) is 0 Å². The molecule has 0 aliphatic carbocycles. The Bertz CT molecular complexity index is 834. The zero-order valence-electron chi connectivity index (χ0n) is 15.5. The van der Waals surface area contributed by atoms with Crippen molar-refractivity contribution >= 4 is 11.6 Å². The summed E-state index contributed by atoms with van der Waals surface area (Å²) in [6, 6.07) is 17.5. The highest BCUT2D eigenvalue weighted by Crippen LogP contribution is 2.21. The number of hydrogen-bond donors (Lipinski definition) is 1. The van der Waals surface area contributed by atoms with Crippen LogP contribution in [-0.4, -0.2) is 32.8 Å². The van der Waals surface area contributed by atoms with E-state index in [0.717, 1.165) is 5.56 Å². The molecule has 0 aliphatic rings. The minimum absolute atomic E-state index is 0.00362. The second-order valence-corrected chi connectivity index (χ2v) is 7.34. The summed E-state index contributed by atoms with van der Waals surface area (Å²) in [5.74, 6) is 1.35. The summed E-state index contributed by atoms with van der Waals surface area (Å²) in [5, 5.41) is 14.7. The molecule has 1 atom stereocenters. The molecule has 0 radical (unpaired) electrons. The van der Waals surface area contributed by atoms with Gasteiger partial charge in [-0.3, -0.25) is 4.90 Å². The lowest BCUT2D eigenvalue weighted by atomic mass is 10.0. The van der Waals surface area contributed by atoms with Gasteiger partial charge < -0.3 is 9.63 Å². The third kappa shape index (κ3) is 5.16. The average Bonchev–Trinajstić information content (AvgIpc) is 3.12. The predicted molar refractivity (Wildman–Crippen MR) is 106 cm³/mol. The van der Waals surface area contributed by atoms with E-state index in [1.54, 1.807) is 12.1 Å². The Morgan fingerprint density at radius 1 is 1.04 bits per heavy atom. The first-order valence-electron chi connectivity index (χ1n) is 9.04. The minimum atomic E-state index is -0.00362. The molecule has 142 valence electrons. The first-order chi connectivity index (χ1) is 13.1. The Kier molecular flexibility index (Phi) is 6.61. The van der Waals surface area contributed by atoms with Crippen LogP contribution in [0.3, 0.4) is 0 Å². The van der Waals surface area contributed by atoms with Crippen molar-refractivity contribution in [2.75, 3.05) is 6.61 Å². The summed E-state index contributed by atoms with van der Waals surface area (Å²) in [7, 11) is 0. The summed E-state index contributed by atoms with van der Waals surface area (Å²) >= 11 is 5.94. The van der Waals surface area contributed by atoms with Crippen LogP contribution in [0.25, 0.3) is 11.4 Å². The molecule has 0 spiro atoms. The molecule has 3 aromatic rings. The van der Waals surface area contributed by atoms with Gasteiger partial charge >= 0.3 is 0 Å². The van der Waals surface area contributed by atoms with Gasteiger partial charge in [-0.15, -0.1) is 0 Å². The van der Waals surface area contributed by atoms with Crippen molar-refractivity contribution in [3.05, 3.63) is 71.1 Å². The van der Waals surface area contributed by atoms with E-state index in [4.69, 9.17) is 16.1 Å². The maximum absolute atomic E-state index is 9.91. The van der Waals surface area contributed by atoms with Gasteiger partial charge in [0.05, 0.1) is 13.2 Å². The van der Waals surface area contributed by atoms with E-state index in [1.807, 2.05) is 30.3 Å². The predicted octanol–water partition coefficient (Wildman–Crippen LogP) is 4.41. The van der Waals surface area contributed by atoms with Crippen molar-refractivity contribution in [3.63, 3.8) is 0 Å². The van der Waals surface area contributed by atoms with Crippen LogP contribution in [0.1, 0.15) is 25.3 Å². The van der Waals surface area contributed by atoms with Crippen LogP contribution in [0.15, 0.2) is 59.1 Å². The number of aliphatic hydroxyl groups is 1. The highest BCUT2D eigenvalue weighted by Gasteiger charge is 2.24. The zero-order chi connectivity index (χ0) is 19.2. The Balaban J connectivity index is 1.80. The van der Waals surface area contributed by atoms with Gasteiger partial charge in [0.1, 0.15) is 0 Å². The van der Waals surface area contributed by atoms with Crippen molar-refractivity contribution in [2.45, 2.75) is 33.0 Å². The van der Waals surface area contributed by atoms with E-state index in [1.165, 1.54) is 5.56 Å². The Morgan fingerprint density at radius 3 is 2.37 bits per heavy atom. The fraction of sp³-hybridized carbons (Fsp3) is 0.333. The van der Waals surface area contributed by atoms with Crippen LogP contribution in [0, 0.1) is 5.92 Å². The monoisotopic (exact) mass is 385 g/mol. The molecular weight excluding hydrogens is 362 g/mol. The smallest absolute Gasteiger partial charge is 0.241 e. The van der Waals surface area contributed by atoms with Crippen molar-refractivity contribution in [3.8, 4) is 11.4 Å². The number of hydrogen-bond acceptors (Lipinski definition) is 5. The molecule has 1 unspecified atom stereocenters. The Labute approximate surface area is 164 Å². The summed E-state index contributed by atoms with van der Waals surface area (Å²) in [6.07, 6.45) is 0. The SMILES string of the molecule is CC(C)C(CO)N(Cc1ccccc1)Cc1nc(-c2ccc(Cl)cc2)no1. The molecule has 27 heavy (non-hydrogen) atoms. The van der Waals surface area contributed by atoms with Gasteiger partial charge in [0, 0.05) is 23.2 Å². The normalized spacial score (nSPS) is 12.7. The molecule has 0 saturated carbocycles. The van der Waals surface area contributed by atoms with Gasteiger partial charge in [0.15, 0.2) is 0 Å². The van der Waals surface area contributed by atoms with Gasteiger partial charge in [-0.1, -0.05) is 60.9 Å². The van der Waals surface area contributed by atoms with E-state index >= 15 is 0 Å². The second-order valence-electron chi connectivity index (χ2n) is 6.90. The van der Waals surface area contributed by atoms with Crippen LogP contribution in [-0.2, 0) is 13.1 Å². The summed E-state index contributed by atoms with van der Waals surface area (Å²) < 4.78 is 5.47. The minimum Gasteiger partial charge on any atom is -0.395 e. The van der Waals surface area contributed by atoms with Gasteiger partial charge in [0.2, 0.25) is 11.7 Å². The Hall–Kier alpha value is -2.21. The zero-order valence-corrected chi connectivity index (χ0v) is 16.3. The molecule has 1 N–H and O–H groups in total. The van der Waals surface area contributed by atoms with Gasteiger partial charge in [-0.05, 0) is 35.7 Å². The van der Waals surface area contributed by atoms with Gasteiger partial charge in [-0.2, -0.15) is 4.98 Å². The standard InChI is InChI=1S/C21H24ClN3O2/c1-15(2)19(14-26)25(12-16-6-4-3-5-7-16)13-20-23-21(24-27-20)17-8-10-18(22)11-9-17/h3-11,15,19,26H,12-14H2,1-2H3. The Morgan fingerprint density at radius 2 is 1.74 bits per heavy atom. The molecular formula is C21H24ClN3O2. The molecule has 6 heteroatoms. The maximum Gasteiger partial charge on any atom is 0.241 e. The average molecular weight is 386 g/mol. The van der Waals surface area contributed by atoms with Gasteiger partial charge in [0.25, 0.3) is 0 Å². The third-order valence-corrected chi connectivity index (χ3v) is 4.81. The van der Waals surface area contributed by atoms with Crippen LogP contribution in [0.5, 0.6) is 0 Å². The number of aromatic nitrogens is 2. The highest BCUT2D eigenvalue weighted by molar-refractivity contribution is 6.30. The van der Waals surface area contributed by atoms with Crippen molar-refractivity contribution in [1.29, 1.82) is 0 Å². The van der Waals surface area contributed by atoms with E-state index in [-0.39, 0.29) is 18.6 Å². The molecule has 3 rings (SSSR count). The first kappa shape index (κ1) is 19.5. The van der Waals surface area contributed by atoms with Crippen molar-refractivity contribution in [1.82, 2.24) is 15.0 Å². The van der Waals surface area contributed by atoms with Crippen molar-refractivity contribution < 1.29 is 9.63 Å². The van der Waals surface area contributed by atoms with Crippen LogP contribution in [0.2, 0.25) is 5.02 Å². The number of rotatable bonds is 8. The van der Waals surface area contributed by atoms with Crippen LogP contribution in [0.4, 0.5) is 0 Å². The first-order valence-corrected chi connectivity index (χ1v) is 9.42. The topological polar surface area (TPSA) is 62.4 Å².